The molecule has 0 fully saturated rings. The van der Waals surface area contributed by atoms with E-state index in [0.29, 0.717) is 11.3 Å². The molecule has 5 nitrogen and oxygen atoms in total. The van der Waals surface area contributed by atoms with Gasteiger partial charge in [0.15, 0.2) is 11.5 Å². The van der Waals surface area contributed by atoms with Crippen molar-refractivity contribution in [3.8, 4) is 11.5 Å². The number of nitrogens with one attached hydrogen (secondary N) is 1. The maximum absolute atomic E-state index is 12.2. The van der Waals surface area contributed by atoms with Gasteiger partial charge in [-0.25, -0.2) is 5.43 Å². The summed E-state index contributed by atoms with van der Waals surface area (Å²) in [5.41, 5.74) is 3.67. The SMILES string of the molecule is COc1cc(C2=NNC(=O)SC2C)ccc1OC(F)F. The second-order valence-corrected chi connectivity index (χ2v) is 5.21. The molecule has 1 heterocycles. The second kappa shape index (κ2) is 6.08. The lowest BCUT2D eigenvalue weighted by Crippen LogP contribution is -2.29. The van der Waals surface area contributed by atoms with Crippen molar-refractivity contribution in [2.24, 2.45) is 5.10 Å². The number of hydrazone groups is 1. The highest BCUT2D eigenvalue weighted by atomic mass is 32.2. The number of nitrogens with zero attached hydrogens (tertiary/aromatic N) is 1. The third-order valence-corrected chi connectivity index (χ3v) is 3.49. The maximum atomic E-state index is 12.2. The smallest absolute Gasteiger partial charge is 0.387 e. The molecule has 0 bridgehead atoms. The molecule has 0 saturated heterocycles. The van der Waals surface area contributed by atoms with E-state index in [1.54, 1.807) is 12.1 Å². The van der Waals surface area contributed by atoms with Crippen molar-refractivity contribution < 1.29 is 23.0 Å². The molecule has 1 aliphatic rings. The Bertz CT molecular complexity index is 552. The van der Waals surface area contributed by atoms with E-state index in [1.807, 2.05) is 6.92 Å². The molecular weight excluding hydrogens is 290 g/mol. The minimum Gasteiger partial charge on any atom is -0.493 e. The quantitative estimate of drug-likeness (QED) is 0.929. The van der Waals surface area contributed by atoms with Crippen LogP contribution in [0.1, 0.15) is 12.5 Å². The van der Waals surface area contributed by atoms with Crippen molar-refractivity contribution in [1.82, 2.24) is 5.43 Å². The summed E-state index contributed by atoms with van der Waals surface area (Å²) in [6, 6.07) is 4.52. The van der Waals surface area contributed by atoms with E-state index >= 15 is 0 Å². The van der Waals surface area contributed by atoms with Crippen LogP contribution in [0.4, 0.5) is 13.6 Å². The Kier molecular flexibility index (Phi) is 4.43. The molecule has 1 aliphatic heterocycles. The van der Waals surface area contributed by atoms with Crippen molar-refractivity contribution >= 4 is 22.7 Å². The highest BCUT2D eigenvalue weighted by molar-refractivity contribution is 8.14. The minimum absolute atomic E-state index is 0.0491. The summed E-state index contributed by atoms with van der Waals surface area (Å²) < 4.78 is 33.9. The molecule has 1 atom stereocenters. The van der Waals surface area contributed by atoms with Gasteiger partial charge in [-0.3, -0.25) is 4.79 Å². The van der Waals surface area contributed by atoms with Gasteiger partial charge >= 0.3 is 6.61 Å². The predicted molar refractivity (Wildman–Crippen MR) is 71.7 cm³/mol. The van der Waals surface area contributed by atoms with E-state index in [9.17, 15) is 13.6 Å². The van der Waals surface area contributed by atoms with Crippen molar-refractivity contribution in [3.05, 3.63) is 23.8 Å². The molecule has 108 valence electrons. The summed E-state index contributed by atoms with van der Waals surface area (Å²) >= 11 is 1.10. The molecule has 1 aromatic rings. The van der Waals surface area contributed by atoms with Crippen molar-refractivity contribution in [3.63, 3.8) is 0 Å². The molecule has 1 aromatic carbocycles. The topological polar surface area (TPSA) is 59.9 Å². The number of ether oxygens (including phenoxy) is 2. The summed E-state index contributed by atoms with van der Waals surface area (Å²) in [6.45, 7) is -1.09. The summed E-state index contributed by atoms with van der Waals surface area (Å²) in [6.07, 6.45) is 0. The van der Waals surface area contributed by atoms with Gasteiger partial charge in [-0.15, -0.1) is 0 Å². The highest BCUT2D eigenvalue weighted by Gasteiger charge is 2.23. The van der Waals surface area contributed by atoms with Gasteiger partial charge in [-0.1, -0.05) is 11.8 Å². The largest absolute Gasteiger partial charge is 0.493 e. The normalized spacial score (nSPS) is 18.6. The van der Waals surface area contributed by atoms with Gasteiger partial charge in [0.05, 0.1) is 18.1 Å². The average Bonchev–Trinajstić information content (AvgIpc) is 2.39. The number of thioether (sulfide) groups is 1. The van der Waals surface area contributed by atoms with Gasteiger partial charge < -0.3 is 9.47 Å². The van der Waals surface area contributed by atoms with Crippen LogP contribution in [0.3, 0.4) is 0 Å². The Balaban J connectivity index is 2.32. The number of carbonyl (C=O) groups is 1. The van der Waals surface area contributed by atoms with Crippen LogP contribution in [-0.4, -0.2) is 29.9 Å². The number of rotatable bonds is 4. The monoisotopic (exact) mass is 302 g/mol. The van der Waals surface area contributed by atoms with Gasteiger partial charge in [-0.2, -0.15) is 13.9 Å². The summed E-state index contributed by atoms with van der Waals surface area (Å²) in [7, 11) is 1.36. The molecule has 0 radical (unpaired) electrons. The Morgan fingerprint density at radius 2 is 2.15 bits per heavy atom. The number of amides is 1. The third kappa shape index (κ3) is 3.19. The lowest BCUT2D eigenvalue weighted by molar-refractivity contribution is -0.0512. The van der Waals surface area contributed by atoms with Crippen LogP contribution in [0, 0.1) is 0 Å². The molecule has 20 heavy (non-hydrogen) atoms. The first-order chi connectivity index (χ1) is 9.51. The van der Waals surface area contributed by atoms with Gasteiger partial charge in [-0.05, 0) is 25.1 Å². The van der Waals surface area contributed by atoms with E-state index in [2.05, 4.69) is 15.3 Å². The fraction of sp³-hybridized carbons (Fsp3) is 0.333. The zero-order valence-corrected chi connectivity index (χ0v) is 11.5. The highest BCUT2D eigenvalue weighted by Crippen LogP contribution is 2.31. The molecule has 0 saturated carbocycles. The zero-order chi connectivity index (χ0) is 14.7. The zero-order valence-electron chi connectivity index (χ0n) is 10.7. The van der Waals surface area contributed by atoms with E-state index in [0.717, 1.165) is 11.8 Å². The Labute approximate surface area is 118 Å². The molecule has 1 unspecified atom stereocenters. The van der Waals surface area contributed by atoms with E-state index in [1.165, 1.54) is 13.2 Å². The van der Waals surface area contributed by atoms with Crippen LogP contribution in [0.15, 0.2) is 23.3 Å². The van der Waals surface area contributed by atoms with E-state index < -0.39 is 6.61 Å². The van der Waals surface area contributed by atoms with Crippen LogP contribution in [0.25, 0.3) is 0 Å². The summed E-state index contributed by atoms with van der Waals surface area (Å²) in [5.74, 6) is 0.131. The molecular formula is C12H12F2N2O3S. The van der Waals surface area contributed by atoms with Crippen LogP contribution >= 0.6 is 11.8 Å². The van der Waals surface area contributed by atoms with Crippen LogP contribution in [-0.2, 0) is 0 Å². The molecule has 8 heteroatoms. The lowest BCUT2D eigenvalue weighted by atomic mass is 10.1. The number of halogens is 2. The molecule has 0 aliphatic carbocycles. The van der Waals surface area contributed by atoms with Gasteiger partial charge in [0.1, 0.15) is 0 Å². The number of hydrogen-bond acceptors (Lipinski definition) is 5. The Morgan fingerprint density at radius 1 is 1.40 bits per heavy atom. The van der Waals surface area contributed by atoms with Crippen LogP contribution in [0.5, 0.6) is 11.5 Å². The molecule has 0 spiro atoms. The van der Waals surface area contributed by atoms with Crippen molar-refractivity contribution in [2.75, 3.05) is 7.11 Å². The number of alkyl halides is 2. The van der Waals surface area contributed by atoms with Crippen LogP contribution < -0.4 is 14.9 Å². The minimum atomic E-state index is -2.92. The Hall–Kier alpha value is -1.83. The molecule has 1 amide bonds. The molecule has 1 N–H and O–H groups in total. The lowest BCUT2D eigenvalue weighted by Gasteiger charge is -2.19. The first-order valence-electron chi connectivity index (χ1n) is 5.68. The number of carbonyl (C=O) groups excluding carboxylic acids is 1. The number of benzene rings is 1. The summed E-state index contributed by atoms with van der Waals surface area (Å²) in [4.78, 5) is 11.2. The van der Waals surface area contributed by atoms with E-state index in [-0.39, 0.29) is 22.0 Å². The maximum Gasteiger partial charge on any atom is 0.387 e. The van der Waals surface area contributed by atoms with Crippen molar-refractivity contribution in [2.45, 2.75) is 18.8 Å². The predicted octanol–water partition coefficient (Wildman–Crippen LogP) is 2.85. The summed E-state index contributed by atoms with van der Waals surface area (Å²) in [5, 5.41) is 3.61. The average molecular weight is 302 g/mol. The standard InChI is InChI=1S/C12H12F2N2O3S/c1-6-10(15-16-12(17)20-6)7-3-4-8(19-11(13)14)9(5-7)18-2/h3-6,11H,1-2H3,(H,16,17). The number of methoxy groups -OCH3 is 1. The van der Waals surface area contributed by atoms with Gasteiger partial charge in [0.25, 0.3) is 5.24 Å². The first-order valence-corrected chi connectivity index (χ1v) is 6.56. The molecule has 0 aromatic heterocycles. The van der Waals surface area contributed by atoms with Gasteiger partial charge in [0, 0.05) is 5.56 Å². The molecule has 2 rings (SSSR count). The van der Waals surface area contributed by atoms with Crippen molar-refractivity contribution in [1.29, 1.82) is 0 Å². The second-order valence-electron chi connectivity index (χ2n) is 3.90. The van der Waals surface area contributed by atoms with E-state index in [4.69, 9.17) is 4.74 Å². The first kappa shape index (κ1) is 14.6. The Morgan fingerprint density at radius 3 is 2.75 bits per heavy atom. The van der Waals surface area contributed by atoms with Crippen LogP contribution in [0.2, 0.25) is 0 Å². The number of hydrogen-bond donors (Lipinski definition) is 1. The third-order valence-electron chi connectivity index (χ3n) is 2.61. The fourth-order valence-electron chi connectivity index (χ4n) is 1.76. The van der Waals surface area contributed by atoms with Gasteiger partial charge in [0.2, 0.25) is 0 Å². The fourth-order valence-corrected chi connectivity index (χ4v) is 2.48.